The van der Waals surface area contributed by atoms with E-state index >= 15 is 0 Å². The zero-order chi connectivity index (χ0) is 14.1. The standard InChI is InChI=1S/C15H24BrNO/c1-14(2,3)12-8-11(16)7-10(13(12)18-6)9-15(4,5)17/h7-8H,9,17H2,1-6H3. The Kier molecular flexibility index (Phi) is 4.50. The molecule has 0 heterocycles. The molecule has 102 valence electrons. The van der Waals surface area contributed by atoms with Crippen LogP contribution in [-0.4, -0.2) is 12.6 Å². The van der Waals surface area contributed by atoms with Crippen LogP contribution in [0.5, 0.6) is 5.75 Å². The fourth-order valence-electron chi connectivity index (χ4n) is 2.07. The lowest BCUT2D eigenvalue weighted by Crippen LogP contribution is -2.34. The minimum absolute atomic E-state index is 0.0443. The molecule has 0 aromatic heterocycles. The summed E-state index contributed by atoms with van der Waals surface area (Å²) in [7, 11) is 1.73. The molecule has 1 aromatic carbocycles. The lowest BCUT2D eigenvalue weighted by atomic mass is 9.83. The Bertz CT molecular complexity index is 427. The molecule has 2 N–H and O–H groups in total. The largest absolute Gasteiger partial charge is 0.496 e. The van der Waals surface area contributed by atoms with Gasteiger partial charge in [0.1, 0.15) is 5.75 Å². The van der Waals surface area contributed by atoms with Gasteiger partial charge in [0.15, 0.2) is 0 Å². The molecule has 1 rings (SSSR count). The van der Waals surface area contributed by atoms with Gasteiger partial charge in [0.2, 0.25) is 0 Å². The fraction of sp³-hybridized carbons (Fsp3) is 0.600. The molecule has 0 saturated carbocycles. The van der Waals surface area contributed by atoms with Crippen LogP contribution < -0.4 is 10.5 Å². The second kappa shape index (κ2) is 5.22. The quantitative estimate of drug-likeness (QED) is 0.914. The van der Waals surface area contributed by atoms with Gasteiger partial charge in [-0.1, -0.05) is 36.7 Å². The van der Waals surface area contributed by atoms with Crippen LogP contribution in [0.4, 0.5) is 0 Å². The van der Waals surface area contributed by atoms with Gasteiger partial charge < -0.3 is 10.5 Å². The first-order valence-electron chi connectivity index (χ1n) is 6.20. The summed E-state index contributed by atoms with van der Waals surface area (Å²) in [6, 6.07) is 4.23. The Hall–Kier alpha value is -0.540. The maximum atomic E-state index is 6.13. The van der Waals surface area contributed by atoms with Gasteiger partial charge in [0.25, 0.3) is 0 Å². The van der Waals surface area contributed by atoms with Gasteiger partial charge in [-0.3, -0.25) is 0 Å². The topological polar surface area (TPSA) is 35.2 Å². The molecule has 18 heavy (non-hydrogen) atoms. The number of ether oxygens (including phenoxy) is 1. The van der Waals surface area contributed by atoms with Crippen molar-refractivity contribution in [1.29, 1.82) is 0 Å². The van der Waals surface area contributed by atoms with Gasteiger partial charge in [-0.15, -0.1) is 0 Å². The van der Waals surface area contributed by atoms with Crippen molar-refractivity contribution in [3.63, 3.8) is 0 Å². The van der Waals surface area contributed by atoms with Gasteiger partial charge in [-0.2, -0.15) is 0 Å². The molecule has 0 unspecified atom stereocenters. The molecule has 2 nitrogen and oxygen atoms in total. The third-order valence-electron chi connectivity index (χ3n) is 2.79. The average molecular weight is 314 g/mol. The van der Waals surface area contributed by atoms with Crippen LogP contribution in [0.25, 0.3) is 0 Å². The van der Waals surface area contributed by atoms with E-state index in [1.807, 2.05) is 13.8 Å². The number of nitrogens with two attached hydrogens (primary N) is 1. The molecule has 0 aliphatic rings. The van der Waals surface area contributed by atoms with Crippen molar-refractivity contribution < 1.29 is 4.74 Å². The highest BCUT2D eigenvalue weighted by Crippen LogP contribution is 2.37. The summed E-state index contributed by atoms with van der Waals surface area (Å²) in [6.45, 7) is 10.6. The van der Waals surface area contributed by atoms with Crippen LogP contribution in [0.2, 0.25) is 0 Å². The van der Waals surface area contributed by atoms with E-state index in [0.29, 0.717) is 0 Å². The monoisotopic (exact) mass is 313 g/mol. The van der Waals surface area contributed by atoms with E-state index in [-0.39, 0.29) is 11.0 Å². The van der Waals surface area contributed by atoms with E-state index in [0.717, 1.165) is 22.2 Å². The van der Waals surface area contributed by atoms with Crippen LogP contribution in [0, 0.1) is 0 Å². The Balaban J connectivity index is 3.39. The fourth-order valence-corrected chi connectivity index (χ4v) is 2.58. The molecule has 0 saturated heterocycles. The molecule has 0 bridgehead atoms. The molecule has 0 spiro atoms. The van der Waals surface area contributed by atoms with Gasteiger partial charge in [0, 0.05) is 15.6 Å². The van der Waals surface area contributed by atoms with Crippen LogP contribution >= 0.6 is 15.9 Å². The third-order valence-corrected chi connectivity index (χ3v) is 3.25. The molecule has 0 radical (unpaired) electrons. The number of benzene rings is 1. The van der Waals surface area contributed by atoms with Crippen LogP contribution in [0.15, 0.2) is 16.6 Å². The van der Waals surface area contributed by atoms with Crippen molar-refractivity contribution in [2.75, 3.05) is 7.11 Å². The molecule has 0 aliphatic carbocycles. The Morgan fingerprint density at radius 3 is 2.11 bits per heavy atom. The highest BCUT2D eigenvalue weighted by Gasteiger charge is 2.24. The Morgan fingerprint density at radius 1 is 1.17 bits per heavy atom. The zero-order valence-electron chi connectivity index (χ0n) is 12.2. The van der Waals surface area contributed by atoms with Crippen LogP contribution in [0.1, 0.15) is 45.7 Å². The first-order valence-corrected chi connectivity index (χ1v) is 6.99. The summed E-state index contributed by atoms with van der Waals surface area (Å²) in [6.07, 6.45) is 0.790. The number of rotatable bonds is 3. The molecular formula is C15H24BrNO. The van der Waals surface area contributed by atoms with Crippen molar-refractivity contribution in [1.82, 2.24) is 0 Å². The molecule has 3 heteroatoms. The van der Waals surface area contributed by atoms with Crippen molar-refractivity contribution in [2.45, 2.75) is 52.0 Å². The van der Waals surface area contributed by atoms with E-state index in [4.69, 9.17) is 10.5 Å². The van der Waals surface area contributed by atoms with E-state index < -0.39 is 0 Å². The lowest BCUT2D eigenvalue weighted by Gasteiger charge is -2.27. The minimum atomic E-state index is -0.247. The summed E-state index contributed by atoms with van der Waals surface area (Å²) in [5, 5.41) is 0. The Morgan fingerprint density at radius 2 is 1.72 bits per heavy atom. The minimum Gasteiger partial charge on any atom is -0.496 e. The molecule has 0 aliphatic heterocycles. The molecule has 0 fully saturated rings. The summed E-state index contributed by atoms with van der Waals surface area (Å²) in [5.41, 5.74) is 8.29. The second-order valence-electron chi connectivity index (χ2n) is 6.56. The van der Waals surface area contributed by atoms with Gasteiger partial charge in [-0.05, 0) is 43.4 Å². The zero-order valence-corrected chi connectivity index (χ0v) is 13.8. The summed E-state index contributed by atoms with van der Waals surface area (Å²) in [5.74, 6) is 0.962. The number of hydrogen-bond acceptors (Lipinski definition) is 2. The predicted octanol–water partition coefficient (Wildman–Crippen LogP) is 4.04. The van der Waals surface area contributed by atoms with E-state index in [1.165, 1.54) is 5.56 Å². The summed E-state index contributed by atoms with van der Waals surface area (Å²) < 4.78 is 6.70. The van der Waals surface area contributed by atoms with Gasteiger partial charge in [0.05, 0.1) is 7.11 Å². The lowest BCUT2D eigenvalue weighted by molar-refractivity contribution is 0.386. The highest BCUT2D eigenvalue weighted by atomic mass is 79.9. The summed E-state index contributed by atoms with van der Waals surface area (Å²) in [4.78, 5) is 0. The molecular weight excluding hydrogens is 290 g/mol. The van der Waals surface area contributed by atoms with Crippen molar-refractivity contribution >= 4 is 15.9 Å². The van der Waals surface area contributed by atoms with Crippen molar-refractivity contribution in [3.05, 3.63) is 27.7 Å². The second-order valence-corrected chi connectivity index (χ2v) is 7.48. The molecule has 0 atom stereocenters. The Labute approximate surface area is 119 Å². The summed E-state index contributed by atoms with van der Waals surface area (Å²) >= 11 is 3.58. The van der Waals surface area contributed by atoms with Crippen molar-refractivity contribution in [3.8, 4) is 5.75 Å². The SMILES string of the molecule is COc1c(CC(C)(C)N)cc(Br)cc1C(C)(C)C. The predicted molar refractivity (Wildman–Crippen MR) is 81.4 cm³/mol. The third kappa shape index (κ3) is 3.99. The molecule has 1 aromatic rings. The first kappa shape index (κ1) is 15.5. The number of hydrogen-bond donors (Lipinski definition) is 1. The maximum Gasteiger partial charge on any atom is 0.125 e. The van der Waals surface area contributed by atoms with E-state index in [1.54, 1.807) is 7.11 Å². The highest BCUT2D eigenvalue weighted by molar-refractivity contribution is 9.10. The van der Waals surface area contributed by atoms with Crippen molar-refractivity contribution in [2.24, 2.45) is 5.73 Å². The maximum absolute atomic E-state index is 6.13. The number of halogens is 1. The smallest absolute Gasteiger partial charge is 0.125 e. The van der Waals surface area contributed by atoms with Crippen LogP contribution in [-0.2, 0) is 11.8 Å². The van der Waals surface area contributed by atoms with E-state index in [2.05, 4.69) is 48.8 Å². The average Bonchev–Trinajstić information content (AvgIpc) is 2.12. The van der Waals surface area contributed by atoms with E-state index in [9.17, 15) is 0 Å². The van der Waals surface area contributed by atoms with Gasteiger partial charge >= 0.3 is 0 Å². The van der Waals surface area contributed by atoms with Crippen LogP contribution in [0.3, 0.4) is 0 Å². The number of methoxy groups -OCH3 is 1. The van der Waals surface area contributed by atoms with Gasteiger partial charge in [-0.25, -0.2) is 0 Å². The molecule has 0 amide bonds. The first-order chi connectivity index (χ1) is 8.04. The normalized spacial score (nSPS) is 12.7.